The molecule has 0 radical (unpaired) electrons. The van der Waals surface area contributed by atoms with Crippen molar-refractivity contribution in [2.75, 3.05) is 39.8 Å². The molecule has 0 aliphatic carbocycles. The summed E-state index contributed by atoms with van der Waals surface area (Å²) in [6.07, 6.45) is 0.896. The van der Waals surface area contributed by atoms with Crippen LogP contribution in [0.2, 0.25) is 0 Å². The van der Waals surface area contributed by atoms with Crippen molar-refractivity contribution >= 4 is 35.8 Å². The number of likely N-dealkylation sites (N-methyl/N-ethyl adjacent to an activating group) is 2. The zero-order valence-corrected chi connectivity index (χ0v) is 18.5. The van der Waals surface area contributed by atoms with Gasteiger partial charge in [-0.25, -0.2) is 0 Å². The van der Waals surface area contributed by atoms with E-state index in [9.17, 15) is 4.79 Å². The first-order valence-electron chi connectivity index (χ1n) is 8.84. The summed E-state index contributed by atoms with van der Waals surface area (Å²) in [7, 11) is 1.91. The molecular formula is C19H33IN4O. The van der Waals surface area contributed by atoms with Crippen LogP contribution in [0.1, 0.15) is 31.9 Å². The average molecular weight is 460 g/mol. The maximum Gasteiger partial charge on any atom is 0.242 e. The molecule has 1 N–H and O–H groups in total. The van der Waals surface area contributed by atoms with Gasteiger partial charge in [0, 0.05) is 33.2 Å². The van der Waals surface area contributed by atoms with Crippen molar-refractivity contribution in [1.82, 2.24) is 15.1 Å². The van der Waals surface area contributed by atoms with Gasteiger partial charge in [0.25, 0.3) is 0 Å². The third-order valence-electron chi connectivity index (χ3n) is 3.97. The van der Waals surface area contributed by atoms with Gasteiger partial charge >= 0.3 is 0 Å². The molecule has 0 spiro atoms. The molecule has 0 aliphatic heterocycles. The molecule has 0 saturated heterocycles. The Kier molecular flexibility index (Phi) is 12.3. The number of aryl methyl sites for hydroxylation is 1. The summed E-state index contributed by atoms with van der Waals surface area (Å²) in [4.78, 5) is 20.7. The van der Waals surface area contributed by atoms with Crippen molar-refractivity contribution in [2.24, 2.45) is 4.99 Å². The Morgan fingerprint density at radius 3 is 2.24 bits per heavy atom. The summed E-state index contributed by atoms with van der Waals surface area (Å²) in [6.45, 7) is 11.4. The fourth-order valence-corrected chi connectivity index (χ4v) is 2.47. The number of guanidine groups is 1. The van der Waals surface area contributed by atoms with Crippen molar-refractivity contribution < 1.29 is 4.79 Å². The summed E-state index contributed by atoms with van der Waals surface area (Å²) in [5.41, 5.74) is 2.55. The maximum atomic E-state index is 12.3. The van der Waals surface area contributed by atoms with Crippen LogP contribution in [0.4, 0.5) is 0 Å². The summed E-state index contributed by atoms with van der Waals surface area (Å²) in [5, 5.41) is 3.26. The van der Waals surface area contributed by atoms with Crippen LogP contribution in [0, 0.1) is 6.92 Å². The Morgan fingerprint density at radius 2 is 1.72 bits per heavy atom. The van der Waals surface area contributed by atoms with E-state index in [0.717, 1.165) is 32.0 Å². The molecule has 1 amide bonds. The molecular weight excluding hydrogens is 427 g/mol. The quantitative estimate of drug-likeness (QED) is 0.369. The number of nitrogens with one attached hydrogen (secondary N) is 1. The highest BCUT2D eigenvalue weighted by Gasteiger charge is 2.14. The lowest BCUT2D eigenvalue weighted by Gasteiger charge is -2.25. The first kappa shape index (κ1) is 23.7. The topological polar surface area (TPSA) is 47.9 Å². The molecule has 142 valence electrons. The van der Waals surface area contributed by atoms with Crippen LogP contribution in [0.5, 0.6) is 0 Å². The summed E-state index contributed by atoms with van der Waals surface area (Å²) in [6, 6.07) is 8.54. The fourth-order valence-electron chi connectivity index (χ4n) is 2.47. The third-order valence-corrected chi connectivity index (χ3v) is 3.97. The van der Waals surface area contributed by atoms with Gasteiger partial charge in [-0.1, -0.05) is 29.8 Å². The van der Waals surface area contributed by atoms with E-state index in [1.807, 2.05) is 37.6 Å². The minimum Gasteiger partial charge on any atom is -0.357 e. The van der Waals surface area contributed by atoms with Crippen LogP contribution < -0.4 is 5.32 Å². The second-order valence-corrected chi connectivity index (χ2v) is 5.89. The number of hydrogen-bond donors (Lipinski definition) is 1. The van der Waals surface area contributed by atoms with Gasteiger partial charge < -0.3 is 15.1 Å². The second kappa shape index (κ2) is 13.0. The highest BCUT2D eigenvalue weighted by atomic mass is 127. The zero-order chi connectivity index (χ0) is 17.9. The van der Waals surface area contributed by atoms with Gasteiger partial charge in [0.2, 0.25) is 5.91 Å². The normalized spacial score (nSPS) is 10.8. The van der Waals surface area contributed by atoms with Crippen molar-refractivity contribution in [1.29, 1.82) is 0 Å². The highest BCUT2D eigenvalue weighted by Crippen LogP contribution is 2.04. The lowest BCUT2D eigenvalue weighted by Crippen LogP contribution is -2.45. The molecule has 0 fully saturated rings. The van der Waals surface area contributed by atoms with Crippen molar-refractivity contribution in [2.45, 2.75) is 34.1 Å². The van der Waals surface area contributed by atoms with Crippen molar-refractivity contribution in [3.63, 3.8) is 0 Å². The number of benzene rings is 1. The molecule has 1 rings (SSSR count). The van der Waals surface area contributed by atoms with Gasteiger partial charge in [-0.15, -0.1) is 24.0 Å². The molecule has 6 heteroatoms. The Hall–Kier alpha value is -1.31. The van der Waals surface area contributed by atoms with E-state index in [-0.39, 0.29) is 29.9 Å². The van der Waals surface area contributed by atoms with Crippen LogP contribution in [0.3, 0.4) is 0 Å². The van der Waals surface area contributed by atoms with Gasteiger partial charge in [-0.05, 0) is 39.7 Å². The second-order valence-electron chi connectivity index (χ2n) is 5.89. The highest BCUT2D eigenvalue weighted by molar-refractivity contribution is 14.0. The van der Waals surface area contributed by atoms with Crippen LogP contribution >= 0.6 is 24.0 Å². The molecule has 0 unspecified atom stereocenters. The predicted octanol–water partition coefficient (Wildman–Crippen LogP) is 2.92. The van der Waals surface area contributed by atoms with Crippen LogP contribution in [-0.4, -0.2) is 61.4 Å². The molecule has 25 heavy (non-hydrogen) atoms. The minimum atomic E-state index is 0. The Labute approximate surface area is 169 Å². The lowest BCUT2D eigenvalue weighted by molar-refractivity contribution is -0.131. The molecule has 0 atom stereocenters. The molecule has 0 aromatic heterocycles. The number of hydrogen-bond acceptors (Lipinski definition) is 2. The minimum absolute atomic E-state index is 0. The number of halogens is 1. The fraction of sp³-hybridized carbons (Fsp3) is 0.579. The van der Waals surface area contributed by atoms with Gasteiger partial charge in [0.1, 0.15) is 0 Å². The number of nitrogens with zero attached hydrogens (tertiary/aromatic N) is 3. The SMILES string of the molecule is CCNC(=NCCc1ccc(C)cc1)N(C)CC(=O)N(CC)CC.I. The van der Waals surface area contributed by atoms with Gasteiger partial charge in [-0.2, -0.15) is 0 Å². The molecule has 0 aliphatic rings. The number of carbonyl (C=O) groups excluding carboxylic acids is 1. The Balaban J connectivity index is 0.00000576. The zero-order valence-electron chi connectivity index (χ0n) is 16.2. The first-order valence-corrected chi connectivity index (χ1v) is 8.84. The molecule has 0 heterocycles. The van der Waals surface area contributed by atoms with E-state index in [4.69, 9.17) is 0 Å². The average Bonchev–Trinajstić information content (AvgIpc) is 2.56. The van der Waals surface area contributed by atoms with E-state index in [2.05, 4.69) is 41.5 Å². The van der Waals surface area contributed by atoms with Crippen molar-refractivity contribution in [3.8, 4) is 0 Å². The number of rotatable bonds is 8. The number of aliphatic imine (C=N–C) groups is 1. The standard InChI is InChI=1S/C19H32N4O.HI/c1-6-20-19(22(5)15-18(24)23(7-2)8-3)21-14-13-17-11-9-16(4)10-12-17;/h9-12H,6-8,13-15H2,1-5H3,(H,20,21);1H. The molecule has 0 saturated carbocycles. The molecule has 1 aromatic rings. The van der Waals surface area contributed by atoms with E-state index in [0.29, 0.717) is 13.1 Å². The van der Waals surface area contributed by atoms with Crippen LogP contribution in [-0.2, 0) is 11.2 Å². The monoisotopic (exact) mass is 460 g/mol. The Morgan fingerprint density at radius 1 is 1.12 bits per heavy atom. The van der Waals surface area contributed by atoms with Crippen LogP contribution in [0.25, 0.3) is 0 Å². The summed E-state index contributed by atoms with van der Waals surface area (Å²) < 4.78 is 0. The maximum absolute atomic E-state index is 12.3. The molecule has 0 bridgehead atoms. The predicted molar refractivity (Wildman–Crippen MR) is 117 cm³/mol. The smallest absolute Gasteiger partial charge is 0.242 e. The van der Waals surface area contributed by atoms with Crippen molar-refractivity contribution in [3.05, 3.63) is 35.4 Å². The first-order chi connectivity index (χ1) is 11.5. The summed E-state index contributed by atoms with van der Waals surface area (Å²) >= 11 is 0. The van der Waals surface area contributed by atoms with E-state index in [1.165, 1.54) is 11.1 Å². The largest absolute Gasteiger partial charge is 0.357 e. The van der Waals surface area contributed by atoms with E-state index >= 15 is 0 Å². The van der Waals surface area contributed by atoms with Crippen LogP contribution in [0.15, 0.2) is 29.3 Å². The summed E-state index contributed by atoms with van der Waals surface area (Å²) in [5.74, 6) is 0.914. The van der Waals surface area contributed by atoms with Gasteiger partial charge in [0.05, 0.1) is 6.54 Å². The molecule has 1 aromatic carbocycles. The van der Waals surface area contributed by atoms with E-state index < -0.39 is 0 Å². The lowest BCUT2D eigenvalue weighted by atomic mass is 10.1. The number of amides is 1. The van der Waals surface area contributed by atoms with E-state index in [1.54, 1.807) is 0 Å². The third kappa shape index (κ3) is 8.56. The Bertz CT molecular complexity index is 527. The number of carbonyl (C=O) groups is 1. The molecule has 5 nitrogen and oxygen atoms in total. The van der Waals surface area contributed by atoms with Gasteiger partial charge in [0.15, 0.2) is 5.96 Å². The van der Waals surface area contributed by atoms with Gasteiger partial charge in [-0.3, -0.25) is 9.79 Å².